The number of pyridine rings is 1. The SMILES string of the molecule is CCCc1nc2c(Br)cc(C)cn2c1C(=O)N1CCC(=O)CC1. The van der Waals surface area contributed by atoms with Gasteiger partial charge in [0.05, 0.1) is 10.2 Å². The minimum absolute atomic E-state index is 0.0223. The molecule has 23 heavy (non-hydrogen) atoms. The van der Waals surface area contributed by atoms with Crippen molar-refractivity contribution >= 4 is 33.3 Å². The predicted molar refractivity (Wildman–Crippen MR) is 91.8 cm³/mol. The van der Waals surface area contributed by atoms with Crippen molar-refractivity contribution in [3.8, 4) is 0 Å². The van der Waals surface area contributed by atoms with Crippen molar-refractivity contribution in [2.24, 2.45) is 0 Å². The summed E-state index contributed by atoms with van der Waals surface area (Å²) in [4.78, 5) is 30.9. The van der Waals surface area contributed by atoms with E-state index in [1.54, 1.807) is 4.90 Å². The van der Waals surface area contributed by atoms with E-state index in [0.29, 0.717) is 31.6 Å². The Balaban J connectivity index is 2.08. The standard InChI is InChI=1S/C17H20BrN3O2/c1-3-4-14-15(17(23)20-7-5-12(22)6-8-20)21-10-11(2)9-13(18)16(21)19-14/h9-10H,3-8H2,1-2H3. The molecule has 0 aliphatic carbocycles. The number of ketones is 1. The summed E-state index contributed by atoms with van der Waals surface area (Å²) in [6.07, 6.45) is 4.55. The van der Waals surface area contributed by atoms with Gasteiger partial charge in [0.2, 0.25) is 0 Å². The number of aromatic nitrogens is 2. The fourth-order valence-corrected chi connectivity index (χ4v) is 3.67. The van der Waals surface area contributed by atoms with E-state index in [4.69, 9.17) is 0 Å². The summed E-state index contributed by atoms with van der Waals surface area (Å²) < 4.78 is 2.78. The number of carbonyl (C=O) groups excluding carboxylic acids is 2. The van der Waals surface area contributed by atoms with Crippen LogP contribution in [0.25, 0.3) is 5.65 Å². The maximum atomic E-state index is 13.0. The molecule has 1 aliphatic heterocycles. The van der Waals surface area contributed by atoms with Gasteiger partial charge in [0.1, 0.15) is 11.5 Å². The summed E-state index contributed by atoms with van der Waals surface area (Å²) in [5.41, 5.74) is 3.31. The molecule has 0 saturated carbocycles. The van der Waals surface area contributed by atoms with Crippen molar-refractivity contribution in [3.63, 3.8) is 0 Å². The van der Waals surface area contributed by atoms with E-state index in [1.807, 2.05) is 23.6 Å². The van der Waals surface area contributed by atoms with Crippen molar-refractivity contribution in [1.29, 1.82) is 0 Å². The van der Waals surface area contributed by atoms with Gasteiger partial charge in [0, 0.05) is 32.1 Å². The van der Waals surface area contributed by atoms with Crippen LogP contribution < -0.4 is 0 Å². The Kier molecular flexibility index (Phi) is 4.53. The number of hydrogen-bond acceptors (Lipinski definition) is 3. The summed E-state index contributed by atoms with van der Waals surface area (Å²) in [7, 11) is 0. The molecule has 0 bridgehead atoms. The van der Waals surface area contributed by atoms with Gasteiger partial charge in [-0.3, -0.25) is 14.0 Å². The second-order valence-electron chi connectivity index (χ2n) is 6.05. The van der Waals surface area contributed by atoms with Crippen molar-refractivity contribution < 1.29 is 9.59 Å². The summed E-state index contributed by atoms with van der Waals surface area (Å²) in [6, 6.07) is 2.01. The number of halogens is 1. The lowest BCUT2D eigenvalue weighted by atomic mass is 10.1. The quantitative estimate of drug-likeness (QED) is 0.825. The molecule has 5 nitrogen and oxygen atoms in total. The number of piperidine rings is 1. The van der Waals surface area contributed by atoms with E-state index in [1.165, 1.54) is 0 Å². The molecule has 0 atom stereocenters. The fraction of sp³-hybridized carbons (Fsp3) is 0.471. The van der Waals surface area contributed by atoms with Gasteiger partial charge in [0.25, 0.3) is 5.91 Å². The Labute approximate surface area is 143 Å². The van der Waals surface area contributed by atoms with E-state index in [9.17, 15) is 9.59 Å². The first-order valence-electron chi connectivity index (χ1n) is 7.99. The van der Waals surface area contributed by atoms with Crippen LogP contribution in [0.15, 0.2) is 16.7 Å². The molecule has 1 amide bonds. The second kappa shape index (κ2) is 6.43. The van der Waals surface area contributed by atoms with E-state index in [-0.39, 0.29) is 11.7 Å². The average Bonchev–Trinajstić information content (AvgIpc) is 2.86. The van der Waals surface area contributed by atoms with E-state index in [2.05, 4.69) is 27.8 Å². The van der Waals surface area contributed by atoms with Gasteiger partial charge in [-0.25, -0.2) is 4.98 Å². The molecule has 0 radical (unpaired) electrons. The first-order valence-corrected chi connectivity index (χ1v) is 8.78. The highest BCUT2D eigenvalue weighted by molar-refractivity contribution is 9.10. The molecule has 3 heterocycles. The van der Waals surface area contributed by atoms with E-state index < -0.39 is 0 Å². The molecule has 0 spiro atoms. The molecule has 2 aromatic rings. The molecule has 1 aliphatic rings. The van der Waals surface area contributed by atoms with E-state index in [0.717, 1.165) is 34.2 Å². The fourth-order valence-electron chi connectivity index (χ4n) is 3.03. The van der Waals surface area contributed by atoms with Gasteiger partial charge in [0.15, 0.2) is 5.65 Å². The van der Waals surface area contributed by atoms with E-state index >= 15 is 0 Å². The maximum absolute atomic E-state index is 13.0. The lowest BCUT2D eigenvalue weighted by molar-refractivity contribution is -0.120. The highest BCUT2D eigenvalue weighted by Crippen LogP contribution is 2.25. The lowest BCUT2D eigenvalue weighted by Gasteiger charge is -2.26. The molecule has 1 fully saturated rings. The number of fused-ring (bicyclic) bond motifs is 1. The van der Waals surface area contributed by atoms with Crippen LogP contribution in [0.5, 0.6) is 0 Å². The number of imidazole rings is 1. The Hall–Kier alpha value is -1.69. The van der Waals surface area contributed by atoms with Crippen LogP contribution in [-0.4, -0.2) is 39.1 Å². The Morgan fingerprint density at radius 2 is 2.04 bits per heavy atom. The molecule has 0 unspecified atom stereocenters. The first kappa shape index (κ1) is 16.2. The molecule has 6 heteroatoms. The van der Waals surface area contributed by atoms with Gasteiger partial charge in [-0.2, -0.15) is 0 Å². The third-order valence-corrected chi connectivity index (χ3v) is 4.77. The Bertz CT molecular complexity index is 772. The number of rotatable bonds is 3. The zero-order chi connectivity index (χ0) is 16.6. The topological polar surface area (TPSA) is 54.7 Å². The molecule has 122 valence electrons. The molecule has 2 aromatic heterocycles. The maximum Gasteiger partial charge on any atom is 0.272 e. The number of aryl methyl sites for hydroxylation is 2. The van der Waals surface area contributed by atoms with Crippen molar-refractivity contribution in [3.05, 3.63) is 33.7 Å². The highest BCUT2D eigenvalue weighted by atomic mass is 79.9. The molecule has 3 rings (SSSR count). The number of Topliss-reactive ketones (excluding diaryl/α,β-unsaturated/α-hetero) is 1. The summed E-state index contributed by atoms with van der Waals surface area (Å²) >= 11 is 3.55. The minimum atomic E-state index is -0.0223. The van der Waals surface area contributed by atoms with Gasteiger partial charge in [-0.15, -0.1) is 0 Å². The number of amides is 1. The lowest BCUT2D eigenvalue weighted by Crippen LogP contribution is -2.39. The van der Waals surface area contributed by atoms with Crippen molar-refractivity contribution in [2.45, 2.75) is 39.5 Å². The van der Waals surface area contributed by atoms with Gasteiger partial charge in [-0.05, 0) is 40.9 Å². The molecule has 1 saturated heterocycles. The Morgan fingerprint density at radius 3 is 2.70 bits per heavy atom. The average molecular weight is 378 g/mol. The van der Waals surface area contributed by atoms with Crippen LogP contribution in [0.2, 0.25) is 0 Å². The third kappa shape index (κ3) is 3.04. The zero-order valence-electron chi connectivity index (χ0n) is 13.4. The summed E-state index contributed by atoms with van der Waals surface area (Å²) in [6.45, 7) is 5.09. The van der Waals surface area contributed by atoms with Crippen molar-refractivity contribution in [2.75, 3.05) is 13.1 Å². The van der Waals surface area contributed by atoms with Crippen LogP contribution in [0, 0.1) is 6.92 Å². The second-order valence-corrected chi connectivity index (χ2v) is 6.90. The van der Waals surface area contributed by atoms with Crippen LogP contribution in [0.1, 0.15) is 47.9 Å². The number of hydrogen-bond donors (Lipinski definition) is 0. The van der Waals surface area contributed by atoms with Crippen LogP contribution >= 0.6 is 15.9 Å². The zero-order valence-corrected chi connectivity index (χ0v) is 15.0. The molecular weight excluding hydrogens is 358 g/mol. The molecule has 0 aromatic carbocycles. The normalized spacial score (nSPS) is 15.4. The van der Waals surface area contributed by atoms with Crippen LogP contribution in [0.3, 0.4) is 0 Å². The summed E-state index contributed by atoms with van der Waals surface area (Å²) in [5.74, 6) is 0.213. The number of likely N-dealkylation sites (tertiary alicyclic amines) is 1. The van der Waals surface area contributed by atoms with Crippen molar-refractivity contribution in [1.82, 2.24) is 14.3 Å². The van der Waals surface area contributed by atoms with Crippen LogP contribution in [-0.2, 0) is 11.2 Å². The third-order valence-electron chi connectivity index (χ3n) is 4.18. The monoisotopic (exact) mass is 377 g/mol. The molecule has 0 N–H and O–H groups in total. The van der Waals surface area contributed by atoms with Gasteiger partial charge < -0.3 is 4.90 Å². The van der Waals surface area contributed by atoms with Crippen LogP contribution in [0.4, 0.5) is 0 Å². The Morgan fingerprint density at radius 1 is 1.35 bits per heavy atom. The van der Waals surface area contributed by atoms with Gasteiger partial charge in [-0.1, -0.05) is 13.3 Å². The molecular formula is C17H20BrN3O2. The minimum Gasteiger partial charge on any atom is -0.336 e. The number of carbonyl (C=O) groups is 2. The van der Waals surface area contributed by atoms with Gasteiger partial charge >= 0.3 is 0 Å². The smallest absolute Gasteiger partial charge is 0.272 e. The first-order chi connectivity index (χ1) is 11.0. The summed E-state index contributed by atoms with van der Waals surface area (Å²) in [5, 5.41) is 0. The number of nitrogens with zero attached hydrogens (tertiary/aromatic N) is 3. The predicted octanol–water partition coefficient (Wildman–Crippen LogP) is 3.16. The largest absolute Gasteiger partial charge is 0.336 e. The highest BCUT2D eigenvalue weighted by Gasteiger charge is 2.27.